The first-order chi connectivity index (χ1) is 14.5. The van der Waals surface area contributed by atoms with Crippen LogP contribution in [0, 0.1) is 0 Å². The number of nitrogens with zero attached hydrogens (tertiary/aromatic N) is 4. The first kappa shape index (κ1) is 21.6. The zero-order valence-electron chi connectivity index (χ0n) is 17.3. The smallest absolute Gasteiger partial charge is 0.245 e. The SMILES string of the molecule is CC(C(=O)NC1CCCCCC1)N1CCN(S(=O)(=O)c2cccc3nsnc23)CC1. The third kappa shape index (κ3) is 4.51. The molecule has 0 radical (unpaired) electrons. The molecule has 0 spiro atoms. The second kappa shape index (κ2) is 9.25. The summed E-state index contributed by atoms with van der Waals surface area (Å²) in [4.78, 5) is 15.0. The van der Waals surface area contributed by atoms with Crippen molar-refractivity contribution in [3.63, 3.8) is 0 Å². The second-order valence-corrected chi connectivity index (χ2v) is 10.6. The largest absolute Gasteiger partial charge is 0.352 e. The number of carbonyl (C=O) groups excluding carboxylic acids is 1. The van der Waals surface area contributed by atoms with Crippen molar-refractivity contribution in [2.24, 2.45) is 0 Å². The topological polar surface area (TPSA) is 95.5 Å². The van der Waals surface area contributed by atoms with Crippen LogP contribution in [0.1, 0.15) is 45.4 Å². The minimum Gasteiger partial charge on any atom is -0.352 e. The van der Waals surface area contributed by atoms with E-state index in [0.717, 1.165) is 24.6 Å². The Labute approximate surface area is 182 Å². The van der Waals surface area contributed by atoms with Gasteiger partial charge in [0.05, 0.1) is 17.8 Å². The monoisotopic (exact) mass is 451 g/mol. The molecule has 1 unspecified atom stereocenters. The summed E-state index contributed by atoms with van der Waals surface area (Å²) in [5.74, 6) is 0.0523. The molecule has 4 rings (SSSR count). The van der Waals surface area contributed by atoms with Gasteiger partial charge in [0.2, 0.25) is 15.9 Å². The van der Waals surface area contributed by atoms with Gasteiger partial charge >= 0.3 is 0 Å². The van der Waals surface area contributed by atoms with Crippen molar-refractivity contribution in [2.75, 3.05) is 26.2 Å². The zero-order valence-corrected chi connectivity index (χ0v) is 18.9. The Morgan fingerprint density at radius 1 is 1.10 bits per heavy atom. The summed E-state index contributed by atoms with van der Waals surface area (Å²) in [6, 6.07) is 5.08. The molecule has 0 bridgehead atoms. The van der Waals surface area contributed by atoms with E-state index < -0.39 is 10.0 Å². The van der Waals surface area contributed by atoms with Crippen LogP contribution in [0.25, 0.3) is 11.0 Å². The molecule has 2 fully saturated rings. The second-order valence-electron chi connectivity index (χ2n) is 8.20. The van der Waals surface area contributed by atoms with E-state index in [9.17, 15) is 13.2 Å². The summed E-state index contributed by atoms with van der Waals surface area (Å²) >= 11 is 1.02. The lowest BCUT2D eigenvalue weighted by Crippen LogP contribution is -2.55. The maximum atomic E-state index is 13.2. The first-order valence-corrected chi connectivity index (χ1v) is 12.9. The summed E-state index contributed by atoms with van der Waals surface area (Å²) in [6.45, 7) is 3.69. The van der Waals surface area contributed by atoms with E-state index in [1.54, 1.807) is 18.2 Å². The summed E-state index contributed by atoms with van der Waals surface area (Å²) in [7, 11) is -3.64. The van der Waals surface area contributed by atoms with Crippen LogP contribution < -0.4 is 5.32 Å². The highest BCUT2D eigenvalue weighted by molar-refractivity contribution is 7.89. The summed E-state index contributed by atoms with van der Waals surface area (Å²) < 4.78 is 36.1. The minimum atomic E-state index is -3.64. The van der Waals surface area contributed by atoms with Gasteiger partial charge in [-0.1, -0.05) is 31.7 Å². The van der Waals surface area contributed by atoms with Gasteiger partial charge in [-0.15, -0.1) is 0 Å². The number of aromatic nitrogens is 2. The van der Waals surface area contributed by atoms with Gasteiger partial charge in [-0.3, -0.25) is 9.69 Å². The van der Waals surface area contributed by atoms with Gasteiger partial charge in [-0.25, -0.2) is 8.42 Å². The van der Waals surface area contributed by atoms with Crippen molar-refractivity contribution in [2.45, 2.75) is 62.4 Å². The fourth-order valence-electron chi connectivity index (χ4n) is 4.37. The number of carbonyl (C=O) groups is 1. The van der Waals surface area contributed by atoms with Crippen molar-refractivity contribution >= 4 is 38.7 Å². The highest BCUT2D eigenvalue weighted by atomic mass is 32.2. The summed E-state index contributed by atoms with van der Waals surface area (Å²) in [5.41, 5.74) is 1.03. The molecule has 1 aromatic carbocycles. The number of sulfonamides is 1. The number of nitrogens with one attached hydrogen (secondary N) is 1. The van der Waals surface area contributed by atoms with Crippen LogP contribution in [0.15, 0.2) is 23.1 Å². The number of hydrogen-bond donors (Lipinski definition) is 1. The van der Waals surface area contributed by atoms with Crippen LogP contribution in [-0.4, -0.2) is 70.5 Å². The molecule has 1 amide bonds. The standard InChI is InChI=1S/C20H29N5O3S2/c1-15(20(26)21-16-7-4-2-3-5-8-16)24-11-13-25(14-12-24)30(27,28)18-10-6-9-17-19(18)23-29-22-17/h6,9-10,15-16H,2-5,7-8,11-14H2,1H3,(H,21,26). The maximum absolute atomic E-state index is 13.2. The predicted octanol–water partition coefficient (Wildman–Crippen LogP) is 2.23. The van der Waals surface area contributed by atoms with E-state index in [1.165, 1.54) is 30.0 Å². The van der Waals surface area contributed by atoms with Crippen LogP contribution in [0.3, 0.4) is 0 Å². The highest BCUT2D eigenvalue weighted by Gasteiger charge is 2.33. The lowest BCUT2D eigenvalue weighted by atomic mass is 10.1. The van der Waals surface area contributed by atoms with E-state index in [0.29, 0.717) is 37.2 Å². The van der Waals surface area contributed by atoms with Crippen molar-refractivity contribution < 1.29 is 13.2 Å². The van der Waals surface area contributed by atoms with Crippen molar-refractivity contribution in [3.05, 3.63) is 18.2 Å². The van der Waals surface area contributed by atoms with E-state index in [2.05, 4.69) is 19.0 Å². The van der Waals surface area contributed by atoms with E-state index in [4.69, 9.17) is 0 Å². The molecule has 1 aliphatic carbocycles. The molecule has 1 N–H and O–H groups in total. The van der Waals surface area contributed by atoms with Crippen LogP contribution >= 0.6 is 11.7 Å². The fourth-order valence-corrected chi connectivity index (χ4v) is 6.55. The van der Waals surface area contributed by atoms with Crippen LogP contribution in [0.2, 0.25) is 0 Å². The number of benzene rings is 1. The molecule has 1 aliphatic heterocycles. The van der Waals surface area contributed by atoms with E-state index >= 15 is 0 Å². The van der Waals surface area contributed by atoms with E-state index in [-0.39, 0.29) is 22.9 Å². The molecular formula is C20H29N5O3S2. The minimum absolute atomic E-state index is 0.0523. The number of rotatable bonds is 5. The molecule has 1 atom stereocenters. The first-order valence-electron chi connectivity index (χ1n) is 10.7. The van der Waals surface area contributed by atoms with Crippen LogP contribution in [0.5, 0.6) is 0 Å². The molecule has 1 aromatic heterocycles. The Balaban J connectivity index is 1.37. The van der Waals surface area contributed by atoms with Crippen LogP contribution in [0.4, 0.5) is 0 Å². The highest BCUT2D eigenvalue weighted by Crippen LogP contribution is 2.25. The van der Waals surface area contributed by atoms with Gasteiger partial charge in [-0.2, -0.15) is 13.1 Å². The lowest BCUT2D eigenvalue weighted by molar-refractivity contribution is -0.127. The summed E-state index contributed by atoms with van der Waals surface area (Å²) in [5, 5.41) is 3.21. The Hall–Kier alpha value is -1.62. The van der Waals surface area contributed by atoms with Crippen molar-refractivity contribution in [3.8, 4) is 0 Å². The van der Waals surface area contributed by atoms with E-state index in [1.807, 2.05) is 6.92 Å². The fraction of sp³-hybridized carbons (Fsp3) is 0.650. The molecule has 2 heterocycles. The number of fused-ring (bicyclic) bond motifs is 1. The maximum Gasteiger partial charge on any atom is 0.245 e. The Kier molecular flexibility index (Phi) is 6.66. The van der Waals surface area contributed by atoms with Gasteiger partial charge in [0.1, 0.15) is 15.9 Å². The van der Waals surface area contributed by atoms with Crippen LogP contribution in [-0.2, 0) is 14.8 Å². The van der Waals surface area contributed by atoms with Gasteiger partial charge < -0.3 is 5.32 Å². The van der Waals surface area contributed by atoms with Gasteiger partial charge in [-0.05, 0) is 31.9 Å². The Bertz CT molecular complexity index is 977. The third-order valence-electron chi connectivity index (χ3n) is 6.27. The molecule has 10 heteroatoms. The predicted molar refractivity (Wildman–Crippen MR) is 117 cm³/mol. The average molecular weight is 452 g/mol. The lowest BCUT2D eigenvalue weighted by Gasteiger charge is -2.37. The zero-order chi connectivity index (χ0) is 21.1. The molecule has 1 saturated heterocycles. The Morgan fingerprint density at radius 3 is 2.50 bits per heavy atom. The number of hydrogen-bond acceptors (Lipinski definition) is 7. The summed E-state index contributed by atoms with van der Waals surface area (Å²) in [6.07, 6.45) is 6.98. The molecular weight excluding hydrogens is 422 g/mol. The Morgan fingerprint density at radius 2 is 1.80 bits per heavy atom. The van der Waals surface area contributed by atoms with Gasteiger partial charge in [0.15, 0.2) is 0 Å². The molecule has 164 valence electrons. The van der Waals surface area contributed by atoms with Gasteiger partial charge in [0.25, 0.3) is 0 Å². The van der Waals surface area contributed by atoms with Crippen molar-refractivity contribution in [1.29, 1.82) is 0 Å². The number of amides is 1. The molecule has 8 nitrogen and oxygen atoms in total. The average Bonchev–Trinajstić information content (AvgIpc) is 3.10. The normalized spacial score (nSPS) is 21.4. The molecule has 2 aliphatic rings. The number of piperazine rings is 1. The molecule has 30 heavy (non-hydrogen) atoms. The molecule has 1 saturated carbocycles. The molecule has 2 aromatic rings. The van der Waals surface area contributed by atoms with Gasteiger partial charge in [0, 0.05) is 32.2 Å². The van der Waals surface area contributed by atoms with Crippen molar-refractivity contribution in [1.82, 2.24) is 23.3 Å². The quantitative estimate of drug-likeness (QED) is 0.701. The third-order valence-corrected chi connectivity index (χ3v) is 8.74.